The van der Waals surface area contributed by atoms with Gasteiger partial charge in [0.05, 0.1) is 11.4 Å². The van der Waals surface area contributed by atoms with Gasteiger partial charge >= 0.3 is 0 Å². The van der Waals surface area contributed by atoms with Crippen LogP contribution < -0.4 is 9.04 Å². The van der Waals surface area contributed by atoms with Crippen LogP contribution >= 0.6 is 0 Å². The van der Waals surface area contributed by atoms with Crippen LogP contribution in [0.4, 0.5) is 11.4 Å². The molecule has 1 heterocycles. The number of ether oxygens (including phenoxy) is 1. The third-order valence-electron chi connectivity index (χ3n) is 4.73. The van der Waals surface area contributed by atoms with Gasteiger partial charge in [0.25, 0.3) is 10.0 Å². The first-order chi connectivity index (χ1) is 12.6. The van der Waals surface area contributed by atoms with E-state index >= 15 is 0 Å². The van der Waals surface area contributed by atoms with Crippen molar-refractivity contribution in [1.29, 1.82) is 0 Å². The van der Waals surface area contributed by atoms with Gasteiger partial charge in [-0.3, -0.25) is 0 Å². The fraction of sp³-hybridized carbons (Fsp3) is 0.400. The summed E-state index contributed by atoms with van der Waals surface area (Å²) in [6.07, 6.45) is 1.24. The number of fused-ring (bicyclic) bond motifs is 1. The monoisotopic (exact) mass is 374 g/mol. The highest BCUT2D eigenvalue weighted by Crippen LogP contribution is 2.42. The maximum absolute atomic E-state index is 13.3. The second kappa shape index (κ2) is 8.10. The van der Waals surface area contributed by atoms with E-state index in [1.807, 2.05) is 48.5 Å². The molecule has 0 fully saturated rings. The van der Waals surface area contributed by atoms with Crippen LogP contribution in [-0.4, -0.2) is 38.4 Å². The smallest absolute Gasteiger partial charge is 0.277 e. The molecule has 0 saturated carbocycles. The van der Waals surface area contributed by atoms with E-state index in [4.69, 9.17) is 4.74 Å². The van der Waals surface area contributed by atoms with Gasteiger partial charge in [0.15, 0.2) is 0 Å². The van der Waals surface area contributed by atoms with Crippen LogP contribution in [0.3, 0.4) is 0 Å². The summed E-state index contributed by atoms with van der Waals surface area (Å²) in [6, 6.07) is 16.5. The molecule has 0 saturated heterocycles. The van der Waals surface area contributed by atoms with Gasteiger partial charge in [-0.15, -0.1) is 0 Å². The normalized spacial score (nSPS) is 18.4. The predicted octanol–water partition coefficient (Wildman–Crippen LogP) is 4.00. The second-order valence-corrected chi connectivity index (χ2v) is 8.25. The summed E-state index contributed by atoms with van der Waals surface area (Å²) < 4.78 is 33.9. The third kappa shape index (κ3) is 3.71. The molecule has 6 heteroatoms. The molecule has 3 rings (SSSR count). The van der Waals surface area contributed by atoms with Crippen LogP contribution in [0, 0.1) is 0 Å². The van der Waals surface area contributed by atoms with Crippen molar-refractivity contribution in [1.82, 2.24) is 4.90 Å². The van der Waals surface area contributed by atoms with Gasteiger partial charge in [-0.25, -0.2) is 12.7 Å². The molecule has 5 nitrogen and oxygen atoms in total. The Morgan fingerprint density at radius 2 is 1.65 bits per heavy atom. The number of rotatable bonds is 7. The van der Waals surface area contributed by atoms with Crippen LogP contribution in [0.2, 0.25) is 0 Å². The van der Waals surface area contributed by atoms with Crippen molar-refractivity contribution in [2.75, 3.05) is 23.9 Å². The summed E-state index contributed by atoms with van der Waals surface area (Å²) in [5.74, 6) is 0.610. The van der Waals surface area contributed by atoms with Crippen LogP contribution in [0.25, 0.3) is 0 Å². The van der Waals surface area contributed by atoms with E-state index < -0.39 is 15.5 Å². The molecule has 0 bridgehead atoms. The van der Waals surface area contributed by atoms with Crippen molar-refractivity contribution in [3.05, 3.63) is 54.6 Å². The molecule has 26 heavy (non-hydrogen) atoms. The predicted molar refractivity (Wildman–Crippen MR) is 105 cm³/mol. The lowest BCUT2D eigenvalue weighted by atomic mass is 10.2. The summed E-state index contributed by atoms with van der Waals surface area (Å²) >= 11 is 0. The number of hydrogen-bond donors (Lipinski definition) is 0. The molecule has 1 aliphatic heterocycles. The van der Waals surface area contributed by atoms with Gasteiger partial charge in [-0.2, -0.15) is 0 Å². The Balaban J connectivity index is 1.89. The zero-order valence-electron chi connectivity index (χ0n) is 15.3. The minimum absolute atomic E-state index is 0.469. The van der Waals surface area contributed by atoms with Crippen molar-refractivity contribution >= 4 is 21.4 Å². The summed E-state index contributed by atoms with van der Waals surface area (Å²) in [5.41, 5.74) is 0.337. The third-order valence-corrected chi connectivity index (χ3v) is 6.64. The number of nitrogens with zero attached hydrogens (tertiary/aromatic N) is 2. The average Bonchev–Trinajstić information content (AvgIpc) is 2.66. The lowest BCUT2D eigenvalue weighted by Gasteiger charge is -2.35. The van der Waals surface area contributed by atoms with Gasteiger partial charge in [-0.05, 0) is 50.3 Å². The number of benzene rings is 2. The molecule has 1 aliphatic rings. The van der Waals surface area contributed by atoms with Gasteiger partial charge < -0.3 is 9.64 Å². The number of para-hydroxylation sites is 3. The summed E-state index contributed by atoms with van der Waals surface area (Å²) in [4.78, 5) is 2.29. The number of hydrogen-bond acceptors (Lipinski definition) is 4. The maximum atomic E-state index is 13.3. The molecule has 2 aromatic rings. The van der Waals surface area contributed by atoms with Crippen molar-refractivity contribution in [3.8, 4) is 5.75 Å². The lowest BCUT2D eigenvalue weighted by Crippen LogP contribution is -2.43. The fourth-order valence-electron chi connectivity index (χ4n) is 3.26. The van der Waals surface area contributed by atoms with E-state index in [2.05, 4.69) is 18.7 Å². The minimum Gasteiger partial charge on any atom is -0.470 e. The number of sulfonamides is 1. The molecule has 1 unspecified atom stereocenters. The molecule has 0 spiro atoms. The fourth-order valence-corrected chi connectivity index (χ4v) is 5.03. The quantitative estimate of drug-likeness (QED) is 0.735. The van der Waals surface area contributed by atoms with Gasteiger partial charge in [0.1, 0.15) is 5.75 Å². The Morgan fingerprint density at radius 1 is 1.00 bits per heavy atom. The molecule has 0 aromatic heterocycles. The molecule has 2 aromatic carbocycles. The van der Waals surface area contributed by atoms with Crippen LogP contribution in [0.5, 0.6) is 5.75 Å². The second-order valence-electron chi connectivity index (χ2n) is 6.33. The first kappa shape index (κ1) is 18.7. The Kier molecular flexibility index (Phi) is 5.84. The Labute approximate surface area is 156 Å². The topological polar surface area (TPSA) is 49.9 Å². The summed E-state index contributed by atoms with van der Waals surface area (Å²) in [7, 11) is -3.65. The Morgan fingerprint density at radius 3 is 2.35 bits per heavy atom. The first-order valence-corrected chi connectivity index (χ1v) is 10.7. The molecular weight excluding hydrogens is 348 g/mol. The maximum Gasteiger partial charge on any atom is 0.277 e. The highest BCUT2D eigenvalue weighted by atomic mass is 32.2. The van der Waals surface area contributed by atoms with E-state index in [1.54, 1.807) is 6.07 Å². The average molecular weight is 375 g/mol. The van der Waals surface area contributed by atoms with Crippen molar-refractivity contribution in [3.63, 3.8) is 0 Å². The SMILES string of the molecule is CCN(CC)CCCC1Oc2ccccc2N(c2ccccc2)S1(=O)=O. The summed E-state index contributed by atoms with van der Waals surface area (Å²) in [6.45, 7) is 7.03. The highest BCUT2D eigenvalue weighted by Gasteiger charge is 2.40. The molecule has 140 valence electrons. The van der Waals surface area contributed by atoms with Crippen molar-refractivity contribution < 1.29 is 13.2 Å². The Bertz CT molecular complexity index is 820. The molecule has 0 amide bonds. The summed E-state index contributed by atoms with van der Waals surface area (Å²) in [5, 5.41) is 0. The molecular formula is C20H26N2O3S. The highest BCUT2D eigenvalue weighted by molar-refractivity contribution is 7.93. The van der Waals surface area contributed by atoms with Crippen LogP contribution in [-0.2, 0) is 10.0 Å². The van der Waals surface area contributed by atoms with E-state index in [0.29, 0.717) is 23.5 Å². The standard InChI is InChI=1S/C20H26N2O3S/c1-3-21(4-2)16-10-15-20-25-19-14-9-8-13-18(19)22(26(20,23)24)17-11-6-5-7-12-17/h5-9,11-14,20H,3-4,10,15-16H2,1-2H3. The number of anilines is 2. The van der Waals surface area contributed by atoms with Gasteiger partial charge in [0.2, 0.25) is 5.44 Å². The van der Waals surface area contributed by atoms with E-state index in [1.165, 1.54) is 4.31 Å². The van der Waals surface area contributed by atoms with Crippen molar-refractivity contribution in [2.24, 2.45) is 0 Å². The zero-order chi connectivity index (χ0) is 18.6. The largest absolute Gasteiger partial charge is 0.470 e. The molecule has 1 atom stereocenters. The van der Waals surface area contributed by atoms with Crippen LogP contribution in [0.1, 0.15) is 26.7 Å². The van der Waals surface area contributed by atoms with Gasteiger partial charge in [0, 0.05) is 6.42 Å². The Hall–Kier alpha value is -2.05. The first-order valence-electron chi connectivity index (χ1n) is 9.15. The molecule has 0 N–H and O–H groups in total. The van der Waals surface area contributed by atoms with E-state index in [-0.39, 0.29) is 0 Å². The molecule has 0 aliphatic carbocycles. The molecule has 0 radical (unpaired) electrons. The van der Waals surface area contributed by atoms with Crippen LogP contribution in [0.15, 0.2) is 54.6 Å². The zero-order valence-corrected chi connectivity index (χ0v) is 16.2. The van der Waals surface area contributed by atoms with E-state index in [9.17, 15) is 8.42 Å². The lowest BCUT2D eigenvalue weighted by molar-refractivity contribution is 0.234. The van der Waals surface area contributed by atoms with E-state index in [0.717, 1.165) is 26.1 Å². The van der Waals surface area contributed by atoms with Gasteiger partial charge in [-0.1, -0.05) is 44.2 Å². The van der Waals surface area contributed by atoms with Crippen molar-refractivity contribution in [2.45, 2.75) is 32.1 Å². The minimum atomic E-state index is -3.65.